The largest absolute Gasteiger partial charge is 0.364 e. The minimum absolute atomic E-state index is 0.0417. The van der Waals surface area contributed by atoms with E-state index in [1.807, 2.05) is 19.1 Å². The SMILES string of the molecule is CNNC(=O)C(C)c1ccc[nH]1. The van der Waals surface area contributed by atoms with Crippen LogP contribution in [0.25, 0.3) is 0 Å². The van der Waals surface area contributed by atoms with E-state index in [9.17, 15) is 4.79 Å². The quantitative estimate of drug-likeness (QED) is 0.570. The summed E-state index contributed by atoms with van der Waals surface area (Å²) in [4.78, 5) is 14.2. The van der Waals surface area contributed by atoms with Crippen LogP contribution in [0, 0.1) is 0 Å². The van der Waals surface area contributed by atoms with Gasteiger partial charge in [-0.25, -0.2) is 5.43 Å². The second kappa shape index (κ2) is 3.92. The maximum Gasteiger partial charge on any atom is 0.242 e. The highest BCUT2D eigenvalue weighted by Gasteiger charge is 2.14. The highest BCUT2D eigenvalue weighted by molar-refractivity contribution is 5.82. The van der Waals surface area contributed by atoms with Crippen molar-refractivity contribution in [3.63, 3.8) is 0 Å². The number of nitrogens with one attached hydrogen (secondary N) is 3. The normalized spacial score (nSPS) is 12.5. The molecule has 1 atom stereocenters. The second-order valence-corrected chi connectivity index (χ2v) is 2.59. The van der Waals surface area contributed by atoms with Crippen molar-refractivity contribution >= 4 is 5.91 Å². The van der Waals surface area contributed by atoms with Gasteiger partial charge < -0.3 is 4.98 Å². The monoisotopic (exact) mass is 167 g/mol. The molecule has 0 radical (unpaired) electrons. The molecule has 1 amide bonds. The zero-order valence-electron chi connectivity index (χ0n) is 7.22. The second-order valence-electron chi connectivity index (χ2n) is 2.59. The maximum absolute atomic E-state index is 11.2. The lowest BCUT2D eigenvalue weighted by Crippen LogP contribution is -2.37. The number of aromatic nitrogens is 1. The van der Waals surface area contributed by atoms with Crippen molar-refractivity contribution < 1.29 is 4.79 Å². The number of amides is 1. The minimum atomic E-state index is -0.146. The molecule has 1 unspecified atom stereocenters. The number of aromatic amines is 1. The summed E-state index contributed by atoms with van der Waals surface area (Å²) in [6.45, 7) is 1.85. The van der Waals surface area contributed by atoms with Crippen LogP contribution in [0.15, 0.2) is 18.3 Å². The molecule has 1 aromatic rings. The van der Waals surface area contributed by atoms with Crippen LogP contribution in [0.5, 0.6) is 0 Å². The van der Waals surface area contributed by atoms with Crippen molar-refractivity contribution in [3.05, 3.63) is 24.0 Å². The van der Waals surface area contributed by atoms with E-state index in [1.165, 1.54) is 0 Å². The van der Waals surface area contributed by atoms with Gasteiger partial charge in [0.15, 0.2) is 0 Å². The Balaban J connectivity index is 2.59. The Morgan fingerprint density at radius 1 is 1.67 bits per heavy atom. The van der Waals surface area contributed by atoms with E-state index < -0.39 is 0 Å². The lowest BCUT2D eigenvalue weighted by molar-refractivity contribution is -0.123. The zero-order chi connectivity index (χ0) is 8.97. The summed E-state index contributed by atoms with van der Waals surface area (Å²) in [5.74, 6) is -0.188. The van der Waals surface area contributed by atoms with Crippen LogP contribution in [0.3, 0.4) is 0 Å². The first-order chi connectivity index (χ1) is 5.75. The van der Waals surface area contributed by atoms with Crippen molar-refractivity contribution in [3.8, 4) is 0 Å². The summed E-state index contributed by atoms with van der Waals surface area (Å²) in [6, 6.07) is 3.76. The lowest BCUT2D eigenvalue weighted by Gasteiger charge is -2.08. The Labute approximate surface area is 71.3 Å². The topological polar surface area (TPSA) is 56.9 Å². The molecule has 0 saturated heterocycles. The zero-order valence-corrected chi connectivity index (χ0v) is 7.22. The molecule has 0 spiro atoms. The van der Waals surface area contributed by atoms with Gasteiger partial charge in [-0.05, 0) is 19.1 Å². The average Bonchev–Trinajstić information content (AvgIpc) is 2.55. The highest BCUT2D eigenvalue weighted by atomic mass is 16.2. The van der Waals surface area contributed by atoms with E-state index >= 15 is 0 Å². The number of hydrogen-bond donors (Lipinski definition) is 3. The standard InChI is InChI=1S/C8H13N3O/c1-6(8(12)11-9-2)7-4-3-5-10-7/h3-6,9-10H,1-2H3,(H,11,12). The van der Waals surface area contributed by atoms with E-state index in [4.69, 9.17) is 0 Å². The molecule has 0 aliphatic carbocycles. The van der Waals surface area contributed by atoms with Crippen LogP contribution >= 0.6 is 0 Å². The van der Waals surface area contributed by atoms with Gasteiger partial charge in [0, 0.05) is 18.9 Å². The number of hydrogen-bond acceptors (Lipinski definition) is 2. The van der Waals surface area contributed by atoms with Gasteiger partial charge in [-0.2, -0.15) is 0 Å². The van der Waals surface area contributed by atoms with Gasteiger partial charge in [0.2, 0.25) is 5.91 Å². The molecular weight excluding hydrogens is 154 g/mol. The fourth-order valence-corrected chi connectivity index (χ4v) is 0.986. The Morgan fingerprint density at radius 2 is 2.42 bits per heavy atom. The van der Waals surface area contributed by atoms with Gasteiger partial charge in [-0.3, -0.25) is 10.2 Å². The number of rotatable bonds is 3. The van der Waals surface area contributed by atoms with Crippen molar-refractivity contribution in [1.29, 1.82) is 0 Å². The molecule has 1 rings (SSSR count). The van der Waals surface area contributed by atoms with Gasteiger partial charge >= 0.3 is 0 Å². The molecule has 66 valence electrons. The van der Waals surface area contributed by atoms with Crippen LogP contribution in [0.1, 0.15) is 18.5 Å². The molecule has 4 heteroatoms. The first kappa shape index (κ1) is 8.80. The number of carbonyl (C=O) groups excluding carboxylic acids is 1. The van der Waals surface area contributed by atoms with E-state index in [1.54, 1.807) is 13.2 Å². The third-order valence-corrected chi connectivity index (χ3v) is 1.73. The first-order valence-electron chi connectivity index (χ1n) is 3.85. The van der Waals surface area contributed by atoms with Crippen molar-refractivity contribution in [2.24, 2.45) is 0 Å². The molecule has 3 N–H and O–H groups in total. The molecule has 1 heterocycles. The summed E-state index contributed by atoms with van der Waals surface area (Å²) >= 11 is 0. The molecule has 0 fully saturated rings. The molecular formula is C8H13N3O. The summed E-state index contributed by atoms with van der Waals surface area (Å²) in [5, 5.41) is 0. The summed E-state index contributed by atoms with van der Waals surface area (Å²) < 4.78 is 0. The van der Waals surface area contributed by atoms with E-state index in [-0.39, 0.29) is 11.8 Å². The molecule has 0 saturated carbocycles. The Hall–Kier alpha value is -1.29. The third kappa shape index (κ3) is 1.85. The number of hydrazine groups is 1. The Kier molecular flexibility index (Phi) is 2.88. The first-order valence-corrected chi connectivity index (χ1v) is 3.85. The third-order valence-electron chi connectivity index (χ3n) is 1.73. The van der Waals surface area contributed by atoms with Crippen LogP contribution in [0.2, 0.25) is 0 Å². The molecule has 0 aliphatic rings. The summed E-state index contributed by atoms with van der Waals surface area (Å²) in [5.41, 5.74) is 6.04. The molecule has 0 bridgehead atoms. The molecule has 12 heavy (non-hydrogen) atoms. The van der Waals surface area contributed by atoms with Crippen molar-refractivity contribution in [2.75, 3.05) is 7.05 Å². The van der Waals surface area contributed by atoms with Crippen LogP contribution in [0.4, 0.5) is 0 Å². The Morgan fingerprint density at radius 3 is 2.92 bits per heavy atom. The van der Waals surface area contributed by atoms with Gasteiger partial charge in [0.25, 0.3) is 0 Å². The predicted molar refractivity (Wildman–Crippen MR) is 46.4 cm³/mol. The summed E-state index contributed by atoms with van der Waals surface area (Å²) in [6.07, 6.45) is 1.80. The van der Waals surface area contributed by atoms with Gasteiger partial charge in [-0.1, -0.05) is 0 Å². The van der Waals surface area contributed by atoms with Gasteiger partial charge in [0.05, 0.1) is 5.92 Å². The lowest BCUT2D eigenvalue weighted by atomic mass is 10.1. The average molecular weight is 167 g/mol. The van der Waals surface area contributed by atoms with E-state index in [0.717, 1.165) is 5.69 Å². The molecule has 4 nitrogen and oxygen atoms in total. The fraction of sp³-hybridized carbons (Fsp3) is 0.375. The molecule has 0 aliphatic heterocycles. The molecule has 0 aromatic carbocycles. The maximum atomic E-state index is 11.2. The fourth-order valence-electron chi connectivity index (χ4n) is 0.986. The van der Waals surface area contributed by atoms with Crippen molar-refractivity contribution in [1.82, 2.24) is 15.8 Å². The van der Waals surface area contributed by atoms with Crippen LogP contribution < -0.4 is 10.9 Å². The van der Waals surface area contributed by atoms with Crippen LogP contribution in [-0.2, 0) is 4.79 Å². The van der Waals surface area contributed by atoms with Gasteiger partial charge in [0.1, 0.15) is 0 Å². The van der Waals surface area contributed by atoms with E-state index in [2.05, 4.69) is 15.8 Å². The Bertz CT molecular complexity index is 243. The number of carbonyl (C=O) groups is 1. The minimum Gasteiger partial charge on any atom is -0.364 e. The van der Waals surface area contributed by atoms with Crippen molar-refractivity contribution in [2.45, 2.75) is 12.8 Å². The molecule has 1 aromatic heterocycles. The smallest absolute Gasteiger partial charge is 0.242 e. The van der Waals surface area contributed by atoms with E-state index in [0.29, 0.717) is 0 Å². The van der Waals surface area contributed by atoms with Crippen LogP contribution in [-0.4, -0.2) is 17.9 Å². The highest BCUT2D eigenvalue weighted by Crippen LogP contribution is 2.11. The predicted octanol–water partition coefficient (Wildman–Crippen LogP) is 0.369. The summed E-state index contributed by atoms with van der Waals surface area (Å²) in [7, 11) is 1.67. The van der Waals surface area contributed by atoms with Gasteiger partial charge in [-0.15, -0.1) is 0 Å². The number of H-pyrrole nitrogens is 1.